The molecule has 120 valence electrons. The second-order valence-electron chi connectivity index (χ2n) is 5.08. The third-order valence-corrected chi connectivity index (χ3v) is 5.40. The molecular formula is C17H17ClN2O2S. The van der Waals surface area contributed by atoms with Gasteiger partial charge in [0.2, 0.25) is 0 Å². The average molecular weight is 349 g/mol. The first-order chi connectivity index (χ1) is 10.8. The molecule has 0 spiro atoms. The van der Waals surface area contributed by atoms with Gasteiger partial charge in [0, 0.05) is 37.4 Å². The molecule has 0 unspecified atom stereocenters. The van der Waals surface area contributed by atoms with E-state index in [0.717, 1.165) is 15.6 Å². The highest BCUT2D eigenvalue weighted by Crippen LogP contribution is 2.20. The quantitative estimate of drug-likeness (QED) is 0.615. The maximum absolute atomic E-state index is 12.1. The van der Waals surface area contributed by atoms with Crippen LogP contribution in [0.15, 0.2) is 53.4 Å². The molecule has 4 nitrogen and oxygen atoms in total. The monoisotopic (exact) mass is 348 g/mol. The Labute approximate surface area is 142 Å². The lowest BCUT2D eigenvalue weighted by Crippen LogP contribution is -2.22. The van der Waals surface area contributed by atoms with E-state index >= 15 is 0 Å². The number of sulfonamides is 1. The van der Waals surface area contributed by atoms with E-state index in [-0.39, 0.29) is 4.90 Å². The van der Waals surface area contributed by atoms with Crippen molar-refractivity contribution in [3.05, 3.63) is 59.1 Å². The van der Waals surface area contributed by atoms with E-state index in [0.29, 0.717) is 11.6 Å². The number of hydrogen-bond donors (Lipinski definition) is 0. The van der Waals surface area contributed by atoms with Crippen LogP contribution in [0.5, 0.6) is 0 Å². The molecule has 0 fully saturated rings. The van der Waals surface area contributed by atoms with E-state index in [4.69, 9.17) is 18.0 Å². The van der Waals surface area contributed by atoms with Crippen molar-refractivity contribution in [2.75, 3.05) is 19.0 Å². The Bertz CT molecular complexity index is 809. The first kappa shape index (κ1) is 17.2. The van der Waals surface area contributed by atoms with Gasteiger partial charge >= 0.3 is 0 Å². The fourth-order valence-electron chi connectivity index (χ4n) is 2.06. The zero-order valence-corrected chi connectivity index (χ0v) is 14.5. The topological polar surface area (TPSA) is 40.6 Å². The van der Waals surface area contributed by atoms with Crippen LogP contribution in [0.4, 0.5) is 5.69 Å². The Morgan fingerprint density at radius 1 is 1.04 bits per heavy atom. The summed E-state index contributed by atoms with van der Waals surface area (Å²) < 4.78 is 25.1. The lowest BCUT2D eigenvalue weighted by Gasteiger charge is -2.20. The highest BCUT2D eigenvalue weighted by molar-refractivity contribution is 7.89. The third-order valence-electron chi connectivity index (χ3n) is 3.45. The molecule has 0 N–H and O–H groups in total. The summed E-state index contributed by atoms with van der Waals surface area (Å²) in [6.45, 7) is 0.646. The SMILES string of the molecule is C#CN(C)S(=O)(=O)c1ccc(CN(C)c2ccc(Cl)cc2)cc1. The first-order valence-electron chi connectivity index (χ1n) is 6.85. The van der Waals surface area contributed by atoms with Crippen LogP contribution in [0.2, 0.25) is 5.02 Å². The highest BCUT2D eigenvalue weighted by atomic mass is 35.5. The maximum atomic E-state index is 12.1. The highest BCUT2D eigenvalue weighted by Gasteiger charge is 2.18. The molecule has 0 saturated carbocycles. The number of terminal acetylenes is 1. The summed E-state index contributed by atoms with van der Waals surface area (Å²) in [5.41, 5.74) is 2.02. The van der Waals surface area contributed by atoms with E-state index in [1.54, 1.807) is 24.3 Å². The number of halogens is 1. The largest absolute Gasteiger partial charge is 0.370 e. The minimum Gasteiger partial charge on any atom is -0.370 e. The van der Waals surface area contributed by atoms with Crippen LogP contribution in [-0.2, 0) is 16.6 Å². The number of anilines is 1. The van der Waals surface area contributed by atoms with Crippen LogP contribution >= 0.6 is 11.6 Å². The standard InChI is InChI=1S/C17H17ClN2O2S/c1-4-20(3)23(21,22)17-11-5-14(6-12-17)13-19(2)16-9-7-15(18)8-10-16/h1,5-12H,13H2,2-3H3. The zero-order chi connectivity index (χ0) is 17.0. The second kappa shape index (κ2) is 6.95. The predicted octanol–water partition coefficient (Wildman–Crippen LogP) is 3.19. The van der Waals surface area contributed by atoms with Gasteiger partial charge in [-0.05, 0) is 42.0 Å². The van der Waals surface area contributed by atoms with E-state index < -0.39 is 10.0 Å². The van der Waals surface area contributed by atoms with Crippen LogP contribution in [-0.4, -0.2) is 26.8 Å². The van der Waals surface area contributed by atoms with Gasteiger partial charge in [0.05, 0.1) is 4.90 Å². The van der Waals surface area contributed by atoms with Gasteiger partial charge in [-0.1, -0.05) is 30.2 Å². The number of benzene rings is 2. The summed E-state index contributed by atoms with van der Waals surface area (Å²) in [6.07, 6.45) is 5.15. The van der Waals surface area contributed by atoms with Gasteiger partial charge < -0.3 is 4.90 Å². The van der Waals surface area contributed by atoms with E-state index in [1.807, 2.05) is 36.2 Å². The average Bonchev–Trinajstić information content (AvgIpc) is 2.55. The Morgan fingerprint density at radius 2 is 1.61 bits per heavy atom. The van der Waals surface area contributed by atoms with Crippen molar-refractivity contribution in [2.45, 2.75) is 11.4 Å². The number of rotatable bonds is 5. The zero-order valence-electron chi connectivity index (χ0n) is 12.9. The van der Waals surface area contributed by atoms with Crippen LogP contribution in [0.1, 0.15) is 5.56 Å². The summed E-state index contributed by atoms with van der Waals surface area (Å²) >= 11 is 5.88. The molecule has 0 atom stereocenters. The molecule has 0 bridgehead atoms. The van der Waals surface area contributed by atoms with E-state index in [2.05, 4.69) is 6.04 Å². The number of hydrogen-bond acceptors (Lipinski definition) is 3. The third kappa shape index (κ3) is 3.98. The van der Waals surface area contributed by atoms with Gasteiger partial charge in [-0.3, -0.25) is 0 Å². The predicted molar refractivity (Wildman–Crippen MR) is 93.8 cm³/mol. The summed E-state index contributed by atoms with van der Waals surface area (Å²) in [4.78, 5) is 2.23. The molecular weight excluding hydrogens is 332 g/mol. The molecule has 2 aromatic carbocycles. The molecule has 0 aromatic heterocycles. The van der Waals surface area contributed by atoms with Crippen molar-refractivity contribution in [3.8, 4) is 12.5 Å². The fraction of sp³-hybridized carbons (Fsp3) is 0.176. The van der Waals surface area contributed by atoms with Gasteiger partial charge in [0.1, 0.15) is 0 Å². The lowest BCUT2D eigenvalue weighted by atomic mass is 10.2. The molecule has 0 aliphatic heterocycles. The molecule has 0 aliphatic carbocycles. The van der Waals surface area contributed by atoms with Crippen LogP contribution in [0.25, 0.3) is 0 Å². The molecule has 0 aliphatic rings. The molecule has 2 aromatic rings. The van der Waals surface area contributed by atoms with Crippen molar-refractivity contribution in [1.82, 2.24) is 4.31 Å². The molecule has 2 rings (SSSR count). The van der Waals surface area contributed by atoms with Crippen molar-refractivity contribution < 1.29 is 8.42 Å². The molecule has 0 amide bonds. The Balaban J connectivity index is 2.14. The Morgan fingerprint density at radius 3 is 2.13 bits per heavy atom. The molecule has 6 heteroatoms. The molecule has 0 radical (unpaired) electrons. The smallest absolute Gasteiger partial charge is 0.270 e. The van der Waals surface area contributed by atoms with Gasteiger partial charge in [-0.2, -0.15) is 0 Å². The molecule has 0 saturated heterocycles. The minimum atomic E-state index is -3.62. The minimum absolute atomic E-state index is 0.177. The van der Waals surface area contributed by atoms with E-state index in [9.17, 15) is 8.42 Å². The molecule has 0 heterocycles. The first-order valence-corrected chi connectivity index (χ1v) is 8.67. The summed E-state index contributed by atoms with van der Waals surface area (Å²) in [6, 6.07) is 16.3. The van der Waals surface area contributed by atoms with Crippen LogP contribution in [0, 0.1) is 12.5 Å². The van der Waals surface area contributed by atoms with Gasteiger partial charge in [0.15, 0.2) is 0 Å². The fourth-order valence-corrected chi connectivity index (χ4v) is 3.12. The Kier molecular flexibility index (Phi) is 5.19. The second-order valence-corrected chi connectivity index (χ2v) is 7.48. The van der Waals surface area contributed by atoms with Crippen molar-refractivity contribution >= 4 is 27.3 Å². The van der Waals surface area contributed by atoms with Gasteiger partial charge in [0.25, 0.3) is 10.0 Å². The van der Waals surface area contributed by atoms with Crippen LogP contribution < -0.4 is 4.90 Å². The van der Waals surface area contributed by atoms with Crippen LogP contribution in [0.3, 0.4) is 0 Å². The normalized spacial score (nSPS) is 10.9. The van der Waals surface area contributed by atoms with Gasteiger partial charge in [-0.15, -0.1) is 0 Å². The lowest BCUT2D eigenvalue weighted by molar-refractivity contribution is 0.547. The summed E-state index contributed by atoms with van der Waals surface area (Å²) in [5.74, 6) is 0. The summed E-state index contributed by atoms with van der Waals surface area (Å²) in [5, 5.41) is 0.689. The van der Waals surface area contributed by atoms with E-state index in [1.165, 1.54) is 7.05 Å². The molecule has 23 heavy (non-hydrogen) atoms. The summed E-state index contributed by atoms with van der Waals surface area (Å²) in [7, 11) is -0.319. The van der Waals surface area contributed by atoms with Crippen molar-refractivity contribution in [2.24, 2.45) is 0 Å². The van der Waals surface area contributed by atoms with Crippen molar-refractivity contribution in [1.29, 1.82) is 0 Å². The maximum Gasteiger partial charge on any atom is 0.270 e. The van der Waals surface area contributed by atoms with Gasteiger partial charge in [-0.25, -0.2) is 12.7 Å². The van der Waals surface area contributed by atoms with Crippen molar-refractivity contribution in [3.63, 3.8) is 0 Å². The number of nitrogens with zero attached hydrogens (tertiary/aromatic N) is 2. The Hall–Kier alpha value is -2.16.